The summed E-state index contributed by atoms with van der Waals surface area (Å²) in [5.41, 5.74) is 3.42. The van der Waals surface area contributed by atoms with E-state index in [2.05, 4.69) is 20.8 Å². The highest BCUT2D eigenvalue weighted by molar-refractivity contribution is 5.90. The smallest absolute Gasteiger partial charge is 0.415 e. The molecule has 2 aliphatic rings. The summed E-state index contributed by atoms with van der Waals surface area (Å²) in [6.45, 7) is 3.41. The molecule has 1 aliphatic carbocycles. The largest absolute Gasteiger partial charge is 0.487 e. The maximum absolute atomic E-state index is 13.0. The summed E-state index contributed by atoms with van der Waals surface area (Å²) in [7, 11) is 0. The Kier molecular flexibility index (Phi) is 5.80. The quantitative estimate of drug-likeness (QED) is 0.352. The number of nitrogens with zero attached hydrogens (tertiary/aromatic N) is 5. The number of aromatic nitrogens is 3. The summed E-state index contributed by atoms with van der Waals surface area (Å²) in [6, 6.07) is 17.1. The van der Waals surface area contributed by atoms with Crippen molar-refractivity contribution in [3.05, 3.63) is 71.9 Å². The molecular weight excluding hydrogens is 470 g/mol. The van der Waals surface area contributed by atoms with Gasteiger partial charge in [-0.2, -0.15) is 5.26 Å². The first-order valence-electron chi connectivity index (χ1n) is 12.5. The molecule has 0 N–H and O–H groups in total. The number of nitriles is 1. The van der Waals surface area contributed by atoms with Gasteiger partial charge in [0.05, 0.1) is 41.2 Å². The molecule has 9 nitrogen and oxygen atoms in total. The van der Waals surface area contributed by atoms with Crippen molar-refractivity contribution in [3.8, 4) is 11.8 Å². The molecule has 1 spiro atoms. The Labute approximate surface area is 214 Å². The fourth-order valence-electron chi connectivity index (χ4n) is 5.59. The molecule has 188 valence electrons. The number of amides is 1. The molecule has 0 bridgehead atoms. The first-order valence-corrected chi connectivity index (χ1v) is 12.5. The molecule has 6 rings (SSSR count). The Morgan fingerprint density at radius 2 is 2.16 bits per heavy atom. The number of anilines is 1. The molecular formula is C28H27N5O4. The number of imidazole rings is 1. The maximum Gasteiger partial charge on any atom is 0.415 e. The van der Waals surface area contributed by atoms with Crippen LogP contribution in [0.15, 0.2) is 59.4 Å². The van der Waals surface area contributed by atoms with Gasteiger partial charge in [-0.05, 0) is 68.9 Å². The van der Waals surface area contributed by atoms with Gasteiger partial charge in [0.25, 0.3) is 0 Å². The summed E-state index contributed by atoms with van der Waals surface area (Å²) in [5.74, 6) is 1.72. The van der Waals surface area contributed by atoms with E-state index in [1.54, 1.807) is 11.0 Å². The summed E-state index contributed by atoms with van der Waals surface area (Å²) in [6.07, 6.45) is 5.19. The average molecular weight is 498 g/mol. The van der Waals surface area contributed by atoms with Gasteiger partial charge >= 0.3 is 6.09 Å². The van der Waals surface area contributed by atoms with Gasteiger partial charge in [0, 0.05) is 18.7 Å². The van der Waals surface area contributed by atoms with Crippen LogP contribution in [0.1, 0.15) is 42.7 Å². The highest BCUT2D eigenvalue weighted by Gasteiger charge is 2.48. The standard InChI is InChI=1S/C28H27N5O4/c1-19-10-22(31-37-19)16-35-24-6-2-5-23(12-24)33-17-28(36-27(33)34)9-3-4-21(13-28)15-32-18-30-25-8-7-20(14-29)11-26(25)32/h2,5-8,10-12,18,21H,3-4,9,13,15-17H2,1H3/t21-,28-/m0/s1. The van der Waals surface area contributed by atoms with Crippen LogP contribution in [0.3, 0.4) is 0 Å². The van der Waals surface area contributed by atoms with Crippen LogP contribution in [0.2, 0.25) is 0 Å². The van der Waals surface area contributed by atoms with Crippen molar-refractivity contribution < 1.29 is 18.8 Å². The van der Waals surface area contributed by atoms with E-state index in [1.807, 2.05) is 55.7 Å². The van der Waals surface area contributed by atoms with E-state index in [4.69, 9.17) is 14.0 Å². The van der Waals surface area contributed by atoms with E-state index < -0.39 is 5.60 Å². The fraction of sp³-hybridized carbons (Fsp3) is 0.357. The number of aryl methyl sites for hydroxylation is 1. The van der Waals surface area contributed by atoms with Gasteiger partial charge < -0.3 is 18.6 Å². The molecule has 3 heterocycles. The van der Waals surface area contributed by atoms with E-state index >= 15 is 0 Å². The van der Waals surface area contributed by atoms with Gasteiger partial charge in [0.15, 0.2) is 0 Å². The van der Waals surface area contributed by atoms with Crippen LogP contribution in [0.5, 0.6) is 5.75 Å². The van der Waals surface area contributed by atoms with E-state index in [9.17, 15) is 10.1 Å². The second-order valence-corrected chi connectivity index (χ2v) is 10.0. The van der Waals surface area contributed by atoms with Crippen LogP contribution in [0, 0.1) is 24.2 Å². The van der Waals surface area contributed by atoms with Gasteiger partial charge in [0.2, 0.25) is 0 Å². The predicted molar refractivity (Wildman–Crippen MR) is 135 cm³/mol. The van der Waals surface area contributed by atoms with Crippen molar-refractivity contribution >= 4 is 22.8 Å². The summed E-state index contributed by atoms with van der Waals surface area (Å²) in [4.78, 5) is 19.2. The number of hydrogen-bond donors (Lipinski definition) is 0. The minimum atomic E-state index is -0.511. The van der Waals surface area contributed by atoms with Gasteiger partial charge in [-0.3, -0.25) is 4.90 Å². The lowest BCUT2D eigenvalue weighted by atomic mass is 9.78. The molecule has 37 heavy (non-hydrogen) atoms. The number of rotatable bonds is 6. The summed E-state index contributed by atoms with van der Waals surface area (Å²) in [5, 5.41) is 13.2. The predicted octanol–water partition coefficient (Wildman–Crippen LogP) is 5.37. The number of ether oxygens (including phenoxy) is 2. The molecule has 9 heteroatoms. The average Bonchev–Trinajstić information content (AvgIpc) is 3.60. The molecule has 4 aromatic rings. The van der Waals surface area contributed by atoms with Gasteiger partial charge in [-0.25, -0.2) is 9.78 Å². The zero-order valence-corrected chi connectivity index (χ0v) is 20.6. The summed E-state index contributed by atoms with van der Waals surface area (Å²) < 4.78 is 19.1. The number of carbonyl (C=O) groups is 1. The Hall–Kier alpha value is -4.32. The topological polar surface area (TPSA) is 106 Å². The fourth-order valence-corrected chi connectivity index (χ4v) is 5.59. The lowest BCUT2D eigenvalue weighted by molar-refractivity contribution is 0.00439. The minimum Gasteiger partial charge on any atom is -0.487 e. The third kappa shape index (κ3) is 4.62. The molecule has 1 saturated heterocycles. The lowest BCUT2D eigenvalue weighted by Gasteiger charge is -2.36. The monoisotopic (exact) mass is 497 g/mol. The SMILES string of the molecule is Cc1cc(COc2cccc(N3C[C@@]4(CCC[C@H](Cn5cnc6ccc(C#N)cc65)C4)OC3=O)c2)no1. The van der Waals surface area contributed by atoms with Crippen LogP contribution >= 0.6 is 0 Å². The Morgan fingerprint density at radius 1 is 1.24 bits per heavy atom. The maximum atomic E-state index is 13.0. The number of hydrogen-bond acceptors (Lipinski definition) is 7. The number of fused-ring (bicyclic) bond motifs is 1. The number of benzene rings is 2. The Balaban J connectivity index is 1.15. The zero-order valence-electron chi connectivity index (χ0n) is 20.6. The van der Waals surface area contributed by atoms with Crippen LogP contribution in [0.25, 0.3) is 11.0 Å². The first kappa shape index (κ1) is 23.1. The van der Waals surface area contributed by atoms with Gasteiger partial charge in [-0.1, -0.05) is 11.2 Å². The van der Waals surface area contributed by atoms with E-state index in [-0.39, 0.29) is 12.7 Å². The third-order valence-corrected chi connectivity index (χ3v) is 7.27. The molecule has 1 aliphatic heterocycles. The molecule has 0 unspecified atom stereocenters. The molecule has 2 fully saturated rings. The molecule has 2 aromatic heterocycles. The van der Waals surface area contributed by atoms with Crippen LogP contribution < -0.4 is 9.64 Å². The van der Waals surface area contributed by atoms with Crippen molar-refractivity contribution in [2.24, 2.45) is 5.92 Å². The highest BCUT2D eigenvalue weighted by atomic mass is 16.6. The molecule has 2 atom stereocenters. The lowest BCUT2D eigenvalue weighted by Crippen LogP contribution is -2.40. The third-order valence-electron chi connectivity index (χ3n) is 7.27. The Morgan fingerprint density at radius 3 is 3.00 bits per heavy atom. The summed E-state index contributed by atoms with van der Waals surface area (Å²) >= 11 is 0. The van der Waals surface area contributed by atoms with E-state index in [0.717, 1.165) is 54.7 Å². The minimum absolute atomic E-state index is 0.287. The number of carbonyl (C=O) groups excluding carboxylic acids is 1. The van der Waals surface area contributed by atoms with E-state index in [1.165, 1.54) is 0 Å². The van der Waals surface area contributed by atoms with Crippen molar-refractivity contribution in [3.63, 3.8) is 0 Å². The molecule has 1 saturated carbocycles. The van der Waals surface area contributed by atoms with Crippen molar-refractivity contribution in [2.45, 2.75) is 51.4 Å². The molecule has 1 amide bonds. The van der Waals surface area contributed by atoms with Crippen molar-refractivity contribution in [1.29, 1.82) is 5.26 Å². The zero-order chi connectivity index (χ0) is 25.4. The highest BCUT2D eigenvalue weighted by Crippen LogP contribution is 2.42. The van der Waals surface area contributed by atoms with E-state index in [0.29, 0.717) is 29.5 Å². The van der Waals surface area contributed by atoms with Crippen LogP contribution in [-0.4, -0.2) is 32.9 Å². The second-order valence-electron chi connectivity index (χ2n) is 10.0. The second kappa shape index (κ2) is 9.28. The molecule has 0 radical (unpaired) electrons. The normalized spacial score (nSPS) is 21.4. The van der Waals surface area contributed by atoms with Gasteiger partial charge in [-0.15, -0.1) is 0 Å². The molecule has 2 aromatic carbocycles. The van der Waals surface area contributed by atoms with Gasteiger partial charge in [0.1, 0.15) is 29.4 Å². The van der Waals surface area contributed by atoms with Crippen LogP contribution in [0.4, 0.5) is 10.5 Å². The van der Waals surface area contributed by atoms with Crippen molar-refractivity contribution in [2.75, 3.05) is 11.4 Å². The Bertz CT molecular complexity index is 1500. The van der Waals surface area contributed by atoms with Crippen LogP contribution in [-0.2, 0) is 17.9 Å². The first-order chi connectivity index (χ1) is 18.0. The van der Waals surface area contributed by atoms with Crippen molar-refractivity contribution in [1.82, 2.24) is 14.7 Å².